The van der Waals surface area contributed by atoms with Crippen LogP contribution in [-0.4, -0.2) is 12.1 Å². The molecule has 0 aliphatic heterocycles. The number of ether oxygens (including phenoxy) is 1. The number of hydrogen-bond acceptors (Lipinski definition) is 2. The Hall–Kier alpha value is -1.05. The Morgan fingerprint density at radius 1 is 1.42 bits per heavy atom. The molecule has 1 aromatic rings. The number of hydrogen-bond donors (Lipinski definition) is 0. The fraction of sp³-hybridized carbons (Fsp3) is 0.500. The van der Waals surface area contributed by atoms with Gasteiger partial charge in [-0.05, 0) is 25.0 Å². The minimum Gasteiger partial charge on any atom is -0.495 e. The number of pyridine rings is 1. The lowest BCUT2D eigenvalue weighted by Gasteiger charge is -2.07. The van der Waals surface area contributed by atoms with Crippen molar-refractivity contribution in [1.29, 1.82) is 0 Å². The van der Waals surface area contributed by atoms with Crippen LogP contribution in [-0.2, 0) is 5.41 Å². The monoisotopic (exact) mass is 163 g/mol. The van der Waals surface area contributed by atoms with Crippen molar-refractivity contribution in [2.75, 3.05) is 7.11 Å². The van der Waals surface area contributed by atoms with E-state index in [0.29, 0.717) is 5.41 Å². The van der Waals surface area contributed by atoms with Crippen LogP contribution in [0.15, 0.2) is 18.3 Å². The Morgan fingerprint density at radius 2 is 2.17 bits per heavy atom. The highest BCUT2D eigenvalue weighted by Gasteiger charge is 2.40. The second kappa shape index (κ2) is 2.47. The summed E-state index contributed by atoms with van der Waals surface area (Å²) in [5, 5.41) is 0. The molecule has 0 amide bonds. The summed E-state index contributed by atoms with van der Waals surface area (Å²) >= 11 is 0. The molecule has 0 spiro atoms. The number of rotatable bonds is 2. The van der Waals surface area contributed by atoms with Gasteiger partial charge in [-0.1, -0.05) is 6.92 Å². The van der Waals surface area contributed by atoms with Crippen LogP contribution in [0.5, 0.6) is 5.75 Å². The standard InChI is InChI=1S/C10H13NO/c1-10(5-6-10)9-4-3-8(12-2)7-11-9/h3-4,7H,5-6H2,1-2H3. The molecule has 0 aromatic carbocycles. The van der Waals surface area contributed by atoms with Crippen molar-refractivity contribution >= 4 is 0 Å². The summed E-state index contributed by atoms with van der Waals surface area (Å²) in [6.07, 6.45) is 4.33. The maximum Gasteiger partial charge on any atom is 0.137 e. The number of nitrogens with zero attached hydrogens (tertiary/aromatic N) is 1. The molecule has 1 saturated carbocycles. The van der Waals surface area contributed by atoms with Crippen LogP contribution in [0.3, 0.4) is 0 Å². The summed E-state index contributed by atoms with van der Waals surface area (Å²) in [5.41, 5.74) is 1.56. The molecule has 0 N–H and O–H groups in total. The normalized spacial score (nSPS) is 18.8. The van der Waals surface area contributed by atoms with E-state index in [2.05, 4.69) is 18.0 Å². The fourth-order valence-corrected chi connectivity index (χ4v) is 1.30. The minimum absolute atomic E-state index is 0.367. The van der Waals surface area contributed by atoms with Gasteiger partial charge in [0.05, 0.1) is 13.3 Å². The molecule has 0 bridgehead atoms. The van der Waals surface area contributed by atoms with Crippen molar-refractivity contribution in [2.45, 2.75) is 25.2 Å². The van der Waals surface area contributed by atoms with E-state index in [-0.39, 0.29) is 0 Å². The Bertz CT molecular complexity index is 274. The van der Waals surface area contributed by atoms with Crippen LogP contribution in [0.4, 0.5) is 0 Å². The van der Waals surface area contributed by atoms with E-state index in [1.54, 1.807) is 13.3 Å². The summed E-state index contributed by atoms with van der Waals surface area (Å²) in [4.78, 5) is 4.36. The van der Waals surface area contributed by atoms with E-state index >= 15 is 0 Å². The molecule has 1 fully saturated rings. The van der Waals surface area contributed by atoms with E-state index in [4.69, 9.17) is 4.74 Å². The molecule has 2 heteroatoms. The first-order valence-corrected chi connectivity index (χ1v) is 4.25. The second-order valence-electron chi connectivity index (χ2n) is 3.64. The first-order valence-electron chi connectivity index (χ1n) is 4.25. The lowest BCUT2D eigenvalue weighted by Crippen LogP contribution is -2.02. The van der Waals surface area contributed by atoms with Gasteiger partial charge in [0.1, 0.15) is 5.75 Å². The van der Waals surface area contributed by atoms with Gasteiger partial charge >= 0.3 is 0 Å². The first kappa shape index (κ1) is 7.59. The molecule has 0 saturated heterocycles. The van der Waals surface area contributed by atoms with Gasteiger partial charge in [-0.15, -0.1) is 0 Å². The summed E-state index contributed by atoms with van der Waals surface area (Å²) in [5.74, 6) is 0.836. The van der Waals surface area contributed by atoms with Crippen molar-refractivity contribution < 1.29 is 4.74 Å². The maximum absolute atomic E-state index is 5.04. The topological polar surface area (TPSA) is 22.1 Å². The summed E-state index contributed by atoms with van der Waals surface area (Å²) in [6.45, 7) is 2.25. The lowest BCUT2D eigenvalue weighted by atomic mass is 10.1. The Morgan fingerprint density at radius 3 is 2.58 bits per heavy atom. The molecular weight excluding hydrogens is 150 g/mol. The Labute approximate surface area is 72.6 Å². The predicted octanol–water partition coefficient (Wildman–Crippen LogP) is 2.14. The largest absolute Gasteiger partial charge is 0.495 e. The molecule has 1 aliphatic carbocycles. The van der Waals surface area contributed by atoms with Gasteiger partial charge in [0, 0.05) is 11.1 Å². The predicted molar refractivity (Wildman–Crippen MR) is 47.4 cm³/mol. The molecule has 2 nitrogen and oxygen atoms in total. The van der Waals surface area contributed by atoms with Gasteiger partial charge < -0.3 is 4.74 Å². The highest BCUT2D eigenvalue weighted by atomic mass is 16.5. The second-order valence-corrected chi connectivity index (χ2v) is 3.64. The van der Waals surface area contributed by atoms with E-state index < -0.39 is 0 Å². The summed E-state index contributed by atoms with van der Waals surface area (Å²) in [7, 11) is 1.66. The molecule has 1 aliphatic rings. The van der Waals surface area contributed by atoms with Crippen molar-refractivity contribution in [2.24, 2.45) is 0 Å². The van der Waals surface area contributed by atoms with Crippen molar-refractivity contribution in [3.8, 4) is 5.75 Å². The lowest BCUT2D eigenvalue weighted by molar-refractivity contribution is 0.412. The van der Waals surface area contributed by atoms with E-state index in [0.717, 1.165) is 5.75 Å². The maximum atomic E-state index is 5.04. The van der Waals surface area contributed by atoms with Gasteiger partial charge in [0.25, 0.3) is 0 Å². The molecule has 0 atom stereocenters. The smallest absolute Gasteiger partial charge is 0.137 e. The molecular formula is C10H13NO. The van der Waals surface area contributed by atoms with E-state index in [1.807, 2.05) is 6.07 Å². The van der Waals surface area contributed by atoms with Gasteiger partial charge in [-0.2, -0.15) is 0 Å². The summed E-state index contributed by atoms with van der Waals surface area (Å²) < 4.78 is 5.04. The third kappa shape index (κ3) is 1.17. The van der Waals surface area contributed by atoms with Crippen molar-refractivity contribution in [3.05, 3.63) is 24.0 Å². The van der Waals surface area contributed by atoms with Crippen molar-refractivity contribution in [3.63, 3.8) is 0 Å². The highest BCUT2D eigenvalue weighted by Crippen LogP contribution is 2.46. The molecule has 12 heavy (non-hydrogen) atoms. The van der Waals surface area contributed by atoms with Crippen LogP contribution >= 0.6 is 0 Å². The first-order chi connectivity index (χ1) is 5.74. The molecule has 0 unspecified atom stereocenters. The van der Waals surface area contributed by atoms with E-state index in [9.17, 15) is 0 Å². The fourth-order valence-electron chi connectivity index (χ4n) is 1.30. The zero-order chi connectivity index (χ0) is 8.60. The van der Waals surface area contributed by atoms with Crippen LogP contribution in [0, 0.1) is 0 Å². The zero-order valence-corrected chi connectivity index (χ0v) is 7.50. The molecule has 1 heterocycles. The van der Waals surface area contributed by atoms with Gasteiger partial charge in [-0.25, -0.2) is 0 Å². The van der Waals surface area contributed by atoms with Crippen LogP contribution in [0.2, 0.25) is 0 Å². The van der Waals surface area contributed by atoms with Crippen LogP contribution in [0.25, 0.3) is 0 Å². The zero-order valence-electron chi connectivity index (χ0n) is 7.50. The van der Waals surface area contributed by atoms with Crippen molar-refractivity contribution in [1.82, 2.24) is 4.98 Å². The number of methoxy groups -OCH3 is 1. The SMILES string of the molecule is COc1ccc(C2(C)CC2)nc1. The van der Waals surface area contributed by atoms with Gasteiger partial charge in [-0.3, -0.25) is 4.98 Å². The molecule has 0 radical (unpaired) electrons. The molecule has 2 rings (SSSR count). The minimum atomic E-state index is 0.367. The van der Waals surface area contributed by atoms with Gasteiger partial charge in [0.2, 0.25) is 0 Å². The summed E-state index contributed by atoms with van der Waals surface area (Å²) in [6, 6.07) is 4.04. The highest BCUT2D eigenvalue weighted by molar-refractivity contribution is 5.27. The third-order valence-corrected chi connectivity index (χ3v) is 2.59. The average molecular weight is 163 g/mol. The molecule has 1 aromatic heterocycles. The van der Waals surface area contributed by atoms with E-state index in [1.165, 1.54) is 18.5 Å². The Balaban J connectivity index is 2.25. The molecule has 64 valence electrons. The van der Waals surface area contributed by atoms with Crippen LogP contribution in [0.1, 0.15) is 25.5 Å². The Kier molecular flexibility index (Phi) is 1.56. The van der Waals surface area contributed by atoms with Gasteiger partial charge in [0.15, 0.2) is 0 Å². The van der Waals surface area contributed by atoms with Crippen LogP contribution < -0.4 is 4.74 Å². The average Bonchev–Trinajstić information content (AvgIpc) is 2.85. The number of aromatic nitrogens is 1. The third-order valence-electron chi connectivity index (χ3n) is 2.59. The quantitative estimate of drug-likeness (QED) is 0.666.